The van der Waals surface area contributed by atoms with Crippen LogP contribution in [0.25, 0.3) is 5.69 Å². The molecule has 0 saturated heterocycles. The van der Waals surface area contributed by atoms with Crippen LogP contribution < -0.4 is 5.32 Å². The third-order valence-corrected chi connectivity index (χ3v) is 3.60. The minimum absolute atomic E-state index is 0.815. The van der Waals surface area contributed by atoms with Gasteiger partial charge in [-0.3, -0.25) is 0 Å². The van der Waals surface area contributed by atoms with Gasteiger partial charge in [0, 0.05) is 18.9 Å². The summed E-state index contributed by atoms with van der Waals surface area (Å²) in [6.07, 6.45) is 6.64. The summed E-state index contributed by atoms with van der Waals surface area (Å²) in [6.45, 7) is 2.99. The van der Waals surface area contributed by atoms with Gasteiger partial charge in [-0.1, -0.05) is 43.3 Å². The van der Waals surface area contributed by atoms with Crippen molar-refractivity contribution in [1.82, 2.24) is 9.55 Å². The lowest BCUT2D eigenvalue weighted by atomic mass is 10.1. The van der Waals surface area contributed by atoms with Crippen LogP contribution in [0.5, 0.6) is 0 Å². The van der Waals surface area contributed by atoms with Crippen LogP contribution in [-0.2, 0) is 13.0 Å². The Morgan fingerprint density at radius 2 is 1.76 bits per heavy atom. The van der Waals surface area contributed by atoms with Gasteiger partial charge in [-0.2, -0.15) is 0 Å². The number of hydrogen-bond acceptors (Lipinski definition) is 2. The third kappa shape index (κ3) is 3.14. The van der Waals surface area contributed by atoms with Crippen molar-refractivity contribution >= 4 is 5.69 Å². The molecule has 3 aromatic rings. The molecule has 0 amide bonds. The highest BCUT2D eigenvalue weighted by atomic mass is 15.0. The molecule has 0 aliphatic heterocycles. The Bertz CT molecular complexity index is 685. The molecule has 1 N–H and O–H groups in total. The SMILES string of the molecule is CCc1ccc(CNc2ccccc2-n2ccnc2)cc1. The van der Waals surface area contributed by atoms with Crippen molar-refractivity contribution in [2.24, 2.45) is 0 Å². The summed E-state index contributed by atoms with van der Waals surface area (Å²) in [6, 6.07) is 17.0. The topological polar surface area (TPSA) is 29.9 Å². The second-order valence-corrected chi connectivity index (χ2v) is 5.01. The molecular formula is C18H19N3. The average Bonchev–Trinajstić information content (AvgIpc) is 3.08. The van der Waals surface area contributed by atoms with E-state index in [1.54, 1.807) is 6.20 Å². The number of imidazole rings is 1. The Labute approximate surface area is 125 Å². The summed E-state index contributed by atoms with van der Waals surface area (Å²) in [4.78, 5) is 4.11. The molecule has 21 heavy (non-hydrogen) atoms. The lowest BCUT2D eigenvalue weighted by Gasteiger charge is -2.12. The maximum Gasteiger partial charge on any atom is 0.0992 e. The van der Waals surface area contributed by atoms with E-state index in [4.69, 9.17) is 0 Å². The van der Waals surface area contributed by atoms with Gasteiger partial charge in [0.05, 0.1) is 17.7 Å². The van der Waals surface area contributed by atoms with Gasteiger partial charge in [0.1, 0.15) is 0 Å². The Balaban J connectivity index is 1.76. The Morgan fingerprint density at radius 1 is 1.00 bits per heavy atom. The number of anilines is 1. The van der Waals surface area contributed by atoms with Crippen molar-refractivity contribution in [3.8, 4) is 5.69 Å². The van der Waals surface area contributed by atoms with Gasteiger partial charge in [0.2, 0.25) is 0 Å². The zero-order valence-electron chi connectivity index (χ0n) is 12.2. The number of para-hydroxylation sites is 2. The van der Waals surface area contributed by atoms with E-state index in [1.807, 2.05) is 29.2 Å². The summed E-state index contributed by atoms with van der Waals surface area (Å²) < 4.78 is 2.02. The molecule has 0 saturated carbocycles. The number of nitrogens with zero attached hydrogens (tertiary/aromatic N) is 2. The molecule has 106 valence electrons. The van der Waals surface area contributed by atoms with Gasteiger partial charge in [-0.15, -0.1) is 0 Å². The minimum atomic E-state index is 0.815. The zero-order valence-corrected chi connectivity index (χ0v) is 12.2. The first kappa shape index (κ1) is 13.4. The van der Waals surface area contributed by atoms with Gasteiger partial charge in [0.25, 0.3) is 0 Å². The van der Waals surface area contributed by atoms with Gasteiger partial charge in [-0.05, 0) is 29.7 Å². The molecule has 0 spiro atoms. The normalized spacial score (nSPS) is 10.5. The van der Waals surface area contributed by atoms with E-state index >= 15 is 0 Å². The number of nitrogens with one attached hydrogen (secondary N) is 1. The first-order chi connectivity index (χ1) is 10.4. The molecule has 3 rings (SSSR count). The fourth-order valence-electron chi connectivity index (χ4n) is 2.34. The molecule has 0 unspecified atom stereocenters. The number of benzene rings is 2. The first-order valence-corrected chi connectivity index (χ1v) is 7.26. The predicted octanol–water partition coefficient (Wildman–Crippen LogP) is 4.05. The van der Waals surface area contributed by atoms with Crippen LogP contribution in [0.2, 0.25) is 0 Å². The number of hydrogen-bond donors (Lipinski definition) is 1. The van der Waals surface area contributed by atoms with E-state index in [0.29, 0.717) is 0 Å². The molecule has 0 fully saturated rings. The van der Waals surface area contributed by atoms with E-state index in [-0.39, 0.29) is 0 Å². The fourth-order valence-corrected chi connectivity index (χ4v) is 2.34. The van der Waals surface area contributed by atoms with Gasteiger partial charge < -0.3 is 9.88 Å². The molecule has 1 heterocycles. The maximum absolute atomic E-state index is 4.11. The van der Waals surface area contributed by atoms with Crippen LogP contribution in [0.3, 0.4) is 0 Å². The summed E-state index contributed by atoms with van der Waals surface area (Å²) in [5.74, 6) is 0. The molecule has 0 aliphatic rings. The molecule has 1 aromatic heterocycles. The van der Waals surface area contributed by atoms with E-state index < -0.39 is 0 Å². The monoisotopic (exact) mass is 277 g/mol. The molecule has 0 radical (unpaired) electrons. The lowest BCUT2D eigenvalue weighted by molar-refractivity contribution is 1.04. The van der Waals surface area contributed by atoms with Crippen molar-refractivity contribution in [2.45, 2.75) is 19.9 Å². The van der Waals surface area contributed by atoms with Crippen LogP contribution in [0, 0.1) is 0 Å². The van der Waals surface area contributed by atoms with Gasteiger partial charge in [0.15, 0.2) is 0 Å². The summed E-state index contributed by atoms with van der Waals surface area (Å²) in [5.41, 5.74) is 4.88. The van der Waals surface area contributed by atoms with Gasteiger partial charge >= 0.3 is 0 Å². The van der Waals surface area contributed by atoms with Crippen LogP contribution in [-0.4, -0.2) is 9.55 Å². The molecular weight excluding hydrogens is 258 g/mol. The third-order valence-electron chi connectivity index (χ3n) is 3.60. The molecule has 0 atom stereocenters. The van der Waals surface area contributed by atoms with E-state index in [9.17, 15) is 0 Å². The van der Waals surface area contributed by atoms with Crippen LogP contribution in [0.1, 0.15) is 18.1 Å². The standard InChI is InChI=1S/C18H19N3/c1-2-15-7-9-16(10-8-15)13-20-17-5-3-4-6-18(17)21-12-11-19-14-21/h3-12,14,20H,2,13H2,1H3. The fraction of sp³-hybridized carbons (Fsp3) is 0.167. The largest absolute Gasteiger partial charge is 0.379 e. The summed E-state index contributed by atoms with van der Waals surface area (Å²) in [5, 5.41) is 3.51. The van der Waals surface area contributed by atoms with Crippen molar-refractivity contribution in [1.29, 1.82) is 0 Å². The molecule has 0 aliphatic carbocycles. The van der Waals surface area contributed by atoms with E-state index in [2.05, 4.69) is 53.6 Å². The Morgan fingerprint density at radius 3 is 2.48 bits per heavy atom. The molecule has 0 bridgehead atoms. The second-order valence-electron chi connectivity index (χ2n) is 5.01. The van der Waals surface area contributed by atoms with Crippen molar-refractivity contribution in [3.63, 3.8) is 0 Å². The molecule has 3 heteroatoms. The summed E-state index contributed by atoms with van der Waals surface area (Å²) in [7, 11) is 0. The molecule has 2 aromatic carbocycles. The van der Waals surface area contributed by atoms with Gasteiger partial charge in [-0.25, -0.2) is 4.98 Å². The number of aromatic nitrogens is 2. The number of rotatable bonds is 5. The predicted molar refractivity (Wildman–Crippen MR) is 86.7 cm³/mol. The Kier molecular flexibility index (Phi) is 4.01. The second kappa shape index (κ2) is 6.27. The highest BCUT2D eigenvalue weighted by Gasteiger charge is 2.03. The van der Waals surface area contributed by atoms with E-state index in [0.717, 1.165) is 24.3 Å². The van der Waals surface area contributed by atoms with Crippen molar-refractivity contribution < 1.29 is 0 Å². The van der Waals surface area contributed by atoms with E-state index in [1.165, 1.54) is 11.1 Å². The summed E-state index contributed by atoms with van der Waals surface area (Å²) >= 11 is 0. The zero-order chi connectivity index (χ0) is 14.5. The highest BCUT2D eigenvalue weighted by Crippen LogP contribution is 2.20. The number of aryl methyl sites for hydroxylation is 1. The van der Waals surface area contributed by atoms with Crippen molar-refractivity contribution in [3.05, 3.63) is 78.4 Å². The van der Waals surface area contributed by atoms with Crippen LogP contribution in [0.4, 0.5) is 5.69 Å². The Hall–Kier alpha value is -2.55. The maximum atomic E-state index is 4.11. The van der Waals surface area contributed by atoms with Crippen LogP contribution >= 0.6 is 0 Å². The first-order valence-electron chi connectivity index (χ1n) is 7.26. The lowest BCUT2D eigenvalue weighted by Crippen LogP contribution is -2.03. The smallest absolute Gasteiger partial charge is 0.0992 e. The average molecular weight is 277 g/mol. The quantitative estimate of drug-likeness (QED) is 0.762. The minimum Gasteiger partial charge on any atom is -0.379 e. The van der Waals surface area contributed by atoms with Crippen molar-refractivity contribution in [2.75, 3.05) is 5.32 Å². The molecule has 3 nitrogen and oxygen atoms in total. The van der Waals surface area contributed by atoms with Crippen LogP contribution in [0.15, 0.2) is 67.3 Å². The highest BCUT2D eigenvalue weighted by molar-refractivity contribution is 5.61.